The fraction of sp³-hybridized carbons (Fsp3) is 0.350. The van der Waals surface area contributed by atoms with Crippen molar-refractivity contribution < 1.29 is 27.4 Å². The molecule has 28 heavy (non-hydrogen) atoms. The highest BCUT2D eigenvalue weighted by Crippen LogP contribution is 2.30. The average molecular weight is 396 g/mol. The first-order valence-corrected chi connectivity index (χ1v) is 8.64. The minimum atomic E-state index is -4.35. The standard InChI is InChI=1S/C20H23F3N2O3/c1-13(24-12-14-4-6-15(7-5-14)20(21,22)23)10-19(26)25-17-11-16(27-2)8-9-18(17)28-3/h4-9,11,13,24H,10,12H2,1-3H3,(H,25,26). The van der Waals surface area contributed by atoms with E-state index in [1.54, 1.807) is 18.2 Å². The number of halogens is 3. The summed E-state index contributed by atoms with van der Waals surface area (Å²) in [4.78, 5) is 12.3. The largest absolute Gasteiger partial charge is 0.497 e. The zero-order valence-electron chi connectivity index (χ0n) is 15.9. The fourth-order valence-electron chi connectivity index (χ4n) is 2.57. The molecular formula is C20H23F3N2O3. The highest BCUT2D eigenvalue weighted by Gasteiger charge is 2.29. The Morgan fingerprint density at radius 3 is 2.32 bits per heavy atom. The highest BCUT2D eigenvalue weighted by atomic mass is 19.4. The number of carbonyl (C=O) groups excluding carboxylic acids is 1. The molecule has 0 aliphatic rings. The maximum atomic E-state index is 12.6. The second-order valence-corrected chi connectivity index (χ2v) is 6.30. The number of ether oxygens (including phenoxy) is 2. The topological polar surface area (TPSA) is 59.6 Å². The number of nitrogens with one attached hydrogen (secondary N) is 2. The van der Waals surface area contributed by atoms with E-state index >= 15 is 0 Å². The van der Waals surface area contributed by atoms with Crippen LogP contribution in [0.15, 0.2) is 42.5 Å². The lowest BCUT2D eigenvalue weighted by atomic mass is 10.1. The van der Waals surface area contributed by atoms with Crippen LogP contribution in [0.1, 0.15) is 24.5 Å². The molecule has 2 aromatic rings. The number of anilines is 1. The molecule has 152 valence electrons. The van der Waals surface area contributed by atoms with E-state index in [0.717, 1.165) is 12.1 Å². The molecule has 0 saturated heterocycles. The molecule has 0 bridgehead atoms. The Labute approximate surface area is 161 Å². The molecule has 2 rings (SSSR count). The summed E-state index contributed by atoms with van der Waals surface area (Å²) in [5.41, 5.74) is 0.521. The monoisotopic (exact) mass is 396 g/mol. The zero-order chi connectivity index (χ0) is 20.7. The van der Waals surface area contributed by atoms with Crippen LogP contribution in [0.4, 0.5) is 18.9 Å². The Balaban J connectivity index is 1.87. The lowest BCUT2D eigenvalue weighted by molar-refractivity contribution is -0.137. The summed E-state index contributed by atoms with van der Waals surface area (Å²) in [5.74, 6) is 0.878. The van der Waals surface area contributed by atoms with Gasteiger partial charge in [-0.05, 0) is 36.8 Å². The molecule has 2 N–H and O–H groups in total. The van der Waals surface area contributed by atoms with Crippen LogP contribution >= 0.6 is 0 Å². The van der Waals surface area contributed by atoms with E-state index in [1.165, 1.54) is 26.4 Å². The van der Waals surface area contributed by atoms with Crippen molar-refractivity contribution in [2.75, 3.05) is 19.5 Å². The smallest absolute Gasteiger partial charge is 0.416 e. The number of alkyl halides is 3. The van der Waals surface area contributed by atoms with Crippen molar-refractivity contribution in [3.63, 3.8) is 0 Å². The van der Waals surface area contributed by atoms with Crippen LogP contribution in [-0.4, -0.2) is 26.2 Å². The first kappa shape index (κ1) is 21.6. The van der Waals surface area contributed by atoms with Gasteiger partial charge in [0.15, 0.2) is 0 Å². The molecule has 5 nitrogen and oxygen atoms in total. The maximum Gasteiger partial charge on any atom is 0.416 e. The number of hydrogen-bond donors (Lipinski definition) is 2. The van der Waals surface area contributed by atoms with Gasteiger partial charge in [0.05, 0.1) is 25.5 Å². The Morgan fingerprint density at radius 2 is 1.75 bits per heavy atom. The molecule has 0 radical (unpaired) electrons. The Morgan fingerprint density at radius 1 is 1.07 bits per heavy atom. The van der Waals surface area contributed by atoms with E-state index in [0.29, 0.717) is 29.3 Å². The summed E-state index contributed by atoms with van der Waals surface area (Å²) < 4.78 is 48.1. The van der Waals surface area contributed by atoms with Gasteiger partial charge in [0.2, 0.25) is 5.91 Å². The third-order valence-electron chi connectivity index (χ3n) is 4.11. The van der Waals surface area contributed by atoms with Crippen LogP contribution < -0.4 is 20.1 Å². The SMILES string of the molecule is COc1ccc(OC)c(NC(=O)CC(C)NCc2ccc(C(F)(F)F)cc2)c1. The second-order valence-electron chi connectivity index (χ2n) is 6.30. The molecule has 2 aromatic carbocycles. The first-order valence-electron chi connectivity index (χ1n) is 8.64. The zero-order valence-corrected chi connectivity index (χ0v) is 15.9. The summed E-state index contributed by atoms with van der Waals surface area (Å²) in [6.07, 6.45) is -4.17. The summed E-state index contributed by atoms with van der Waals surface area (Å²) >= 11 is 0. The van der Waals surface area contributed by atoms with Gasteiger partial charge >= 0.3 is 6.18 Å². The molecule has 0 aliphatic heterocycles. The van der Waals surface area contributed by atoms with Crippen molar-refractivity contribution in [3.05, 3.63) is 53.6 Å². The predicted molar refractivity (Wildman–Crippen MR) is 101 cm³/mol. The van der Waals surface area contributed by atoms with Crippen LogP contribution in [0, 0.1) is 0 Å². The van der Waals surface area contributed by atoms with Gasteiger partial charge in [0, 0.05) is 25.1 Å². The molecular weight excluding hydrogens is 373 g/mol. The van der Waals surface area contributed by atoms with Crippen LogP contribution in [0.2, 0.25) is 0 Å². The average Bonchev–Trinajstić information content (AvgIpc) is 2.65. The third kappa shape index (κ3) is 6.16. The molecule has 1 unspecified atom stereocenters. The minimum Gasteiger partial charge on any atom is -0.497 e. The number of benzene rings is 2. The van der Waals surface area contributed by atoms with E-state index in [-0.39, 0.29) is 18.4 Å². The fourth-order valence-corrected chi connectivity index (χ4v) is 2.57. The lowest BCUT2D eigenvalue weighted by Gasteiger charge is -2.16. The molecule has 0 aliphatic carbocycles. The van der Waals surface area contributed by atoms with Gasteiger partial charge < -0.3 is 20.1 Å². The van der Waals surface area contributed by atoms with Crippen molar-refractivity contribution >= 4 is 11.6 Å². The minimum absolute atomic E-state index is 0.182. The number of carbonyl (C=O) groups is 1. The van der Waals surface area contributed by atoms with Crippen LogP contribution in [-0.2, 0) is 17.5 Å². The Hall–Kier alpha value is -2.74. The predicted octanol–water partition coefficient (Wildman–Crippen LogP) is 4.23. The lowest BCUT2D eigenvalue weighted by Crippen LogP contribution is -2.30. The maximum absolute atomic E-state index is 12.6. The molecule has 0 spiro atoms. The summed E-state index contributed by atoms with van der Waals surface area (Å²) in [6, 6.07) is 9.83. The Kier molecular flexibility index (Phi) is 7.28. The van der Waals surface area contributed by atoms with Crippen LogP contribution in [0.25, 0.3) is 0 Å². The van der Waals surface area contributed by atoms with Crippen molar-refractivity contribution in [3.8, 4) is 11.5 Å². The number of amides is 1. The molecule has 8 heteroatoms. The van der Waals surface area contributed by atoms with E-state index in [9.17, 15) is 18.0 Å². The Bertz CT molecular complexity index is 792. The quantitative estimate of drug-likeness (QED) is 0.701. The summed E-state index contributed by atoms with van der Waals surface area (Å²) in [5, 5.41) is 5.91. The van der Waals surface area contributed by atoms with Gasteiger partial charge in [-0.25, -0.2) is 0 Å². The van der Waals surface area contributed by atoms with E-state index in [4.69, 9.17) is 9.47 Å². The van der Waals surface area contributed by atoms with Gasteiger partial charge in [-0.1, -0.05) is 12.1 Å². The molecule has 1 amide bonds. The van der Waals surface area contributed by atoms with Crippen molar-refractivity contribution in [1.82, 2.24) is 5.32 Å². The molecule has 1 atom stereocenters. The van der Waals surface area contributed by atoms with Gasteiger partial charge in [0.1, 0.15) is 11.5 Å². The molecule has 0 saturated carbocycles. The van der Waals surface area contributed by atoms with E-state index in [2.05, 4.69) is 10.6 Å². The van der Waals surface area contributed by atoms with Gasteiger partial charge in [-0.3, -0.25) is 4.79 Å². The highest BCUT2D eigenvalue weighted by molar-refractivity contribution is 5.92. The van der Waals surface area contributed by atoms with Crippen molar-refractivity contribution in [2.24, 2.45) is 0 Å². The van der Waals surface area contributed by atoms with Crippen molar-refractivity contribution in [1.29, 1.82) is 0 Å². The number of methoxy groups -OCH3 is 2. The molecule has 0 aromatic heterocycles. The van der Waals surface area contributed by atoms with Gasteiger partial charge in [-0.2, -0.15) is 13.2 Å². The van der Waals surface area contributed by atoms with E-state index < -0.39 is 11.7 Å². The number of hydrogen-bond acceptors (Lipinski definition) is 4. The second kappa shape index (κ2) is 9.45. The molecule has 0 heterocycles. The summed E-state index contributed by atoms with van der Waals surface area (Å²) in [7, 11) is 3.03. The van der Waals surface area contributed by atoms with Crippen molar-refractivity contribution in [2.45, 2.75) is 32.1 Å². The van der Waals surface area contributed by atoms with Gasteiger partial charge in [-0.15, -0.1) is 0 Å². The summed E-state index contributed by atoms with van der Waals surface area (Å²) in [6.45, 7) is 2.18. The van der Waals surface area contributed by atoms with Crippen LogP contribution in [0.3, 0.4) is 0 Å². The first-order chi connectivity index (χ1) is 13.2. The third-order valence-corrected chi connectivity index (χ3v) is 4.11. The number of rotatable bonds is 8. The van der Waals surface area contributed by atoms with E-state index in [1.807, 2.05) is 6.92 Å². The van der Waals surface area contributed by atoms with Crippen LogP contribution in [0.5, 0.6) is 11.5 Å². The molecule has 0 fully saturated rings. The van der Waals surface area contributed by atoms with Gasteiger partial charge in [0.25, 0.3) is 0 Å². The normalized spacial score (nSPS) is 12.4.